The molecule has 7 nitrogen and oxygen atoms in total. The first kappa shape index (κ1) is 16.5. The Balaban J connectivity index is 1.51. The maximum atomic E-state index is 12.9. The van der Waals surface area contributed by atoms with Crippen LogP contribution in [0.1, 0.15) is 22.6 Å². The van der Waals surface area contributed by atoms with E-state index in [1.807, 2.05) is 43.5 Å². The molecule has 3 heterocycles. The highest BCUT2D eigenvalue weighted by atomic mass is 16.5. The Kier molecular flexibility index (Phi) is 4.53. The quantitative estimate of drug-likeness (QED) is 0.671. The molecule has 2 atom stereocenters. The Morgan fingerprint density at radius 2 is 2.19 bits per heavy atom. The highest BCUT2D eigenvalue weighted by molar-refractivity contribution is 6.05. The van der Waals surface area contributed by atoms with Crippen LogP contribution in [-0.4, -0.2) is 46.2 Å². The summed E-state index contributed by atoms with van der Waals surface area (Å²) in [7, 11) is 0. The lowest BCUT2D eigenvalue weighted by atomic mass is 10.0. The normalized spacial score (nSPS) is 20.0. The van der Waals surface area contributed by atoms with Gasteiger partial charge in [-0.15, -0.1) is 0 Å². The third-order valence-corrected chi connectivity index (χ3v) is 4.61. The number of anilines is 1. The van der Waals surface area contributed by atoms with Crippen LogP contribution in [0.3, 0.4) is 0 Å². The van der Waals surface area contributed by atoms with E-state index in [2.05, 4.69) is 25.6 Å². The molecule has 26 heavy (non-hydrogen) atoms. The number of ether oxygens (including phenoxy) is 1. The Bertz CT molecular complexity index is 923. The Morgan fingerprint density at radius 1 is 1.27 bits per heavy atom. The van der Waals surface area contributed by atoms with Crippen LogP contribution in [0.15, 0.2) is 42.7 Å². The van der Waals surface area contributed by atoms with Crippen molar-refractivity contribution in [3.05, 3.63) is 54.1 Å². The van der Waals surface area contributed by atoms with Gasteiger partial charge in [0.05, 0.1) is 29.8 Å². The number of H-pyrrole nitrogens is 1. The van der Waals surface area contributed by atoms with Crippen LogP contribution >= 0.6 is 0 Å². The first-order chi connectivity index (χ1) is 12.7. The van der Waals surface area contributed by atoms with E-state index < -0.39 is 0 Å². The molecule has 0 saturated carbocycles. The van der Waals surface area contributed by atoms with E-state index in [1.165, 1.54) is 0 Å². The lowest BCUT2D eigenvalue weighted by Gasteiger charge is -2.33. The maximum Gasteiger partial charge on any atom is 0.253 e. The highest BCUT2D eigenvalue weighted by Crippen LogP contribution is 2.19. The van der Waals surface area contributed by atoms with Crippen LogP contribution in [-0.2, 0) is 4.74 Å². The number of rotatable bonds is 4. The number of aromatic amines is 1. The van der Waals surface area contributed by atoms with Crippen LogP contribution < -0.4 is 10.6 Å². The molecule has 1 amide bonds. The van der Waals surface area contributed by atoms with Gasteiger partial charge in [0.2, 0.25) is 0 Å². The molecule has 1 aliphatic rings. The number of nitrogens with one attached hydrogen (secondary N) is 3. The number of fused-ring (bicyclic) bond motifs is 1. The van der Waals surface area contributed by atoms with E-state index >= 15 is 0 Å². The van der Waals surface area contributed by atoms with Gasteiger partial charge in [-0.05, 0) is 31.5 Å². The van der Waals surface area contributed by atoms with Crippen molar-refractivity contribution < 1.29 is 9.53 Å². The molecule has 2 aromatic heterocycles. The monoisotopic (exact) mass is 351 g/mol. The van der Waals surface area contributed by atoms with Gasteiger partial charge < -0.3 is 20.4 Å². The number of carbonyl (C=O) groups excluding carboxylic acids is 1. The van der Waals surface area contributed by atoms with Gasteiger partial charge in [-0.25, -0.2) is 9.97 Å². The van der Waals surface area contributed by atoms with Gasteiger partial charge in [0, 0.05) is 24.4 Å². The summed E-state index contributed by atoms with van der Waals surface area (Å²) in [6.07, 6.45) is 4.31. The summed E-state index contributed by atoms with van der Waals surface area (Å²) in [6, 6.07) is 9.40. The van der Waals surface area contributed by atoms with Crippen molar-refractivity contribution in [1.29, 1.82) is 0 Å². The molecule has 134 valence electrons. The maximum absolute atomic E-state index is 12.9. The van der Waals surface area contributed by atoms with Crippen molar-refractivity contribution in [2.75, 3.05) is 18.5 Å². The van der Waals surface area contributed by atoms with Crippen LogP contribution in [0.5, 0.6) is 0 Å². The lowest BCUT2D eigenvalue weighted by molar-refractivity contribution is 0.0620. The summed E-state index contributed by atoms with van der Waals surface area (Å²) in [5.74, 6) is 1.35. The predicted octanol–water partition coefficient (Wildman–Crippen LogP) is 2.27. The van der Waals surface area contributed by atoms with E-state index in [4.69, 9.17) is 4.74 Å². The summed E-state index contributed by atoms with van der Waals surface area (Å²) >= 11 is 0. The van der Waals surface area contributed by atoms with Crippen molar-refractivity contribution in [3.8, 4) is 0 Å². The summed E-state index contributed by atoms with van der Waals surface area (Å²) in [5.41, 5.74) is 1.50. The predicted molar refractivity (Wildman–Crippen MR) is 99.2 cm³/mol. The molecule has 0 unspecified atom stereocenters. The van der Waals surface area contributed by atoms with E-state index in [9.17, 15) is 4.79 Å². The third-order valence-electron chi connectivity index (χ3n) is 4.61. The van der Waals surface area contributed by atoms with Gasteiger partial charge >= 0.3 is 0 Å². The fourth-order valence-corrected chi connectivity index (χ4v) is 3.30. The minimum absolute atomic E-state index is 0.0447. The minimum Gasteiger partial charge on any atom is -0.379 e. The van der Waals surface area contributed by atoms with E-state index in [0.717, 1.165) is 23.1 Å². The van der Waals surface area contributed by atoms with Crippen molar-refractivity contribution in [1.82, 2.24) is 20.3 Å². The third kappa shape index (κ3) is 3.39. The Labute approximate surface area is 151 Å². The van der Waals surface area contributed by atoms with E-state index in [0.29, 0.717) is 24.6 Å². The van der Waals surface area contributed by atoms with Crippen molar-refractivity contribution in [2.24, 2.45) is 0 Å². The molecule has 1 aromatic carbocycles. The average Bonchev–Trinajstić information content (AvgIpc) is 3.12. The summed E-state index contributed by atoms with van der Waals surface area (Å²) in [5, 5.41) is 7.54. The zero-order chi connectivity index (χ0) is 17.9. The van der Waals surface area contributed by atoms with Gasteiger partial charge in [-0.2, -0.15) is 0 Å². The van der Waals surface area contributed by atoms with Gasteiger partial charge in [0.1, 0.15) is 11.6 Å². The number of aromatic nitrogens is 3. The van der Waals surface area contributed by atoms with Crippen molar-refractivity contribution in [3.63, 3.8) is 0 Å². The Morgan fingerprint density at radius 3 is 3.08 bits per heavy atom. The molecule has 1 aliphatic heterocycles. The number of amides is 1. The molecular weight excluding hydrogens is 330 g/mol. The number of hydrogen-bond donors (Lipinski definition) is 3. The van der Waals surface area contributed by atoms with E-state index in [1.54, 1.807) is 6.20 Å². The molecule has 4 rings (SSSR count). The second-order valence-corrected chi connectivity index (χ2v) is 6.43. The highest BCUT2D eigenvalue weighted by Gasteiger charge is 2.28. The van der Waals surface area contributed by atoms with Gasteiger partial charge in [-0.3, -0.25) is 4.79 Å². The zero-order valence-electron chi connectivity index (χ0n) is 14.5. The summed E-state index contributed by atoms with van der Waals surface area (Å²) in [4.78, 5) is 24.5. The fraction of sp³-hybridized carbons (Fsp3) is 0.316. The van der Waals surface area contributed by atoms with Crippen molar-refractivity contribution >= 4 is 22.6 Å². The molecule has 3 aromatic rings. The number of carbonyl (C=O) groups is 1. The van der Waals surface area contributed by atoms with Gasteiger partial charge in [0.15, 0.2) is 0 Å². The molecule has 1 fully saturated rings. The molecule has 1 saturated heterocycles. The first-order valence-corrected chi connectivity index (χ1v) is 8.71. The molecule has 0 aliphatic carbocycles. The minimum atomic E-state index is -0.0874. The molecule has 0 radical (unpaired) electrons. The number of benzene rings is 1. The molecule has 3 N–H and O–H groups in total. The van der Waals surface area contributed by atoms with Crippen LogP contribution in [0.25, 0.3) is 10.9 Å². The smallest absolute Gasteiger partial charge is 0.253 e. The lowest BCUT2D eigenvalue weighted by Crippen LogP contribution is -2.52. The average molecular weight is 351 g/mol. The van der Waals surface area contributed by atoms with Crippen molar-refractivity contribution in [2.45, 2.75) is 25.4 Å². The number of nitrogens with zero attached hydrogens (tertiary/aromatic N) is 2. The fourth-order valence-electron chi connectivity index (χ4n) is 3.30. The summed E-state index contributed by atoms with van der Waals surface area (Å²) < 4.78 is 5.60. The Hall–Kier alpha value is -2.93. The number of hydrogen-bond acceptors (Lipinski definition) is 5. The number of aryl methyl sites for hydroxylation is 1. The SMILES string of the molecule is Cc1nccc(N[C@@H]2COCC[C@@H]2NC(=O)c2cccc3cc[nH]c23)n1. The standard InChI is InChI=1S/C19H21N5O2/c1-12-20-9-6-17(22-12)23-16-11-26-10-7-15(16)24-19(25)14-4-2-3-13-5-8-21-18(13)14/h2-6,8-9,15-16,21H,7,10-11H2,1H3,(H,24,25)(H,20,22,23)/t15-,16+/m0/s1. The second kappa shape index (κ2) is 7.13. The second-order valence-electron chi connectivity index (χ2n) is 6.43. The molecule has 0 spiro atoms. The van der Waals surface area contributed by atoms with E-state index in [-0.39, 0.29) is 18.0 Å². The summed E-state index contributed by atoms with van der Waals surface area (Å²) in [6.45, 7) is 2.98. The van der Waals surface area contributed by atoms with Crippen LogP contribution in [0.2, 0.25) is 0 Å². The topological polar surface area (TPSA) is 91.9 Å². The number of para-hydroxylation sites is 1. The van der Waals surface area contributed by atoms with Gasteiger partial charge in [0.25, 0.3) is 5.91 Å². The van der Waals surface area contributed by atoms with Crippen LogP contribution in [0.4, 0.5) is 5.82 Å². The van der Waals surface area contributed by atoms with Crippen LogP contribution in [0, 0.1) is 6.92 Å². The largest absolute Gasteiger partial charge is 0.379 e. The molecular formula is C19H21N5O2. The van der Waals surface area contributed by atoms with Gasteiger partial charge in [-0.1, -0.05) is 12.1 Å². The molecule has 0 bridgehead atoms. The zero-order valence-corrected chi connectivity index (χ0v) is 14.5. The molecule has 7 heteroatoms. The first-order valence-electron chi connectivity index (χ1n) is 8.71.